The van der Waals surface area contributed by atoms with Crippen LogP contribution in [0.1, 0.15) is 56.6 Å². The number of benzene rings is 2. The summed E-state index contributed by atoms with van der Waals surface area (Å²) >= 11 is 0. The lowest BCUT2D eigenvalue weighted by Crippen LogP contribution is -2.47. The second kappa shape index (κ2) is 8.70. The van der Waals surface area contributed by atoms with Crippen LogP contribution in [0.5, 0.6) is 0 Å². The van der Waals surface area contributed by atoms with Crippen LogP contribution in [0.4, 0.5) is 5.69 Å². The fourth-order valence-corrected chi connectivity index (χ4v) is 5.46. The second-order valence-electron chi connectivity index (χ2n) is 9.79. The second-order valence-corrected chi connectivity index (χ2v) is 9.79. The topological polar surface area (TPSA) is 61.4 Å². The molecule has 2 aliphatic carbocycles. The number of anilines is 1. The predicted molar refractivity (Wildman–Crippen MR) is 127 cm³/mol. The van der Waals surface area contributed by atoms with Crippen molar-refractivity contribution in [2.45, 2.75) is 51.0 Å². The number of rotatable bonds is 7. The van der Waals surface area contributed by atoms with Gasteiger partial charge in [-0.2, -0.15) is 0 Å². The number of likely N-dealkylation sites (N-methyl/N-ethyl adjacent to an activating group) is 1. The molecule has 2 saturated carbocycles. The van der Waals surface area contributed by atoms with Crippen LogP contribution in [0.25, 0.3) is 11.1 Å². The Labute approximate surface area is 190 Å². The highest BCUT2D eigenvalue weighted by atomic mass is 16.2. The Morgan fingerprint density at radius 2 is 1.72 bits per heavy atom. The summed E-state index contributed by atoms with van der Waals surface area (Å²) in [4.78, 5) is 29.0. The fraction of sp³-hybridized carbons (Fsp3) is 0.481. The van der Waals surface area contributed by atoms with Gasteiger partial charge in [-0.05, 0) is 68.3 Å². The molecule has 32 heavy (non-hydrogen) atoms. The number of hydrogen-bond acceptors (Lipinski definition) is 3. The van der Waals surface area contributed by atoms with Crippen LogP contribution in [0.3, 0.4) is 0 Å². The van der Waals surface area contributed by atoms with Crippen LogP contribution in [0, 0.1) is 11.3 Å². The van der Waals surface area contributed by atoms with Gasteiger partial charge >= 0.3 is 0 Å². The van der Waals surface area contributed by atoms with Gasteiger partial charge in [0, 0.05) is 12.6 Å². The summed E-state index contributed by atoms with van der Waals surface area (Å²) in [6.07, 6.45) is 7.47. The maximum Gasteiger partial charge on any atom is 0.253 e. The van der Waals surface area contributed by atoms with Gasteiger partial charge in [0.05, 0.1) is 11.1 Å². The molecule has 1 unspecified atom stereocenters. The summed E-state index contributed by atoms with van der Waals surface area (Å²) in [5.74, 6) is 0.784. The lowest BCUT2D eigenvalue weighted by atomic mass is 9.81. The van der Waals surface area contributed by atoms with Crippen LogP contribution >= 0.6 is 0 Å². The van der Waals surface area contributed by atoms with Gasteiger partial charge in [-0.1, -0.05) is 55.3 Å². The van der Waals surface area contributed by atoms with Crippen LogP contribution in [0.2, 0.25) is 0 Å². The normalized spacial score (nSPS) is 21.6. The van der Waals surface area contributed by atoms with Gasteiger partial charge in [0.15, 0.2) is 0 Å². The molecular formula is C27H33N3O2. The van der Waals surface area contributed by atoms with Gasteiger partial charge in [0.1, 0.15) is 6.04 Å². The summed E-state index contributed by atoms with van der Waals surface area (Å²) in [5.41, 5.74) is 3.42. The quantitative estimate of drug-likeness (QED) is 0.637. The van der Waals surface area contributed by atoms with Gasteiger partial charge in [0.2, 0.25) is 5.91 Å². The van der Waals surface area contributed by atoms with E-state index in [0.717, 1.165) is 73.5 Å². The minimum Gasteiger partial charge on any atom is -0.340 e. The van der Waals surface area contributed by atoms with Crippen LogP contribution in [-0.4, -0.2) is 32.0 Å². The van der Waals surface area contributed by atoms with Crippen molar-refractivity contribution >= 4 is 17.5 Å². The van der Waals surface area contributed by atoms with Gasteiger partial charge in [-0.25, -0.2) is 0 Å². The average Bonchev–Trinajstić information content (AvgIpc) is 3.54. The van der Waals surface area contributed by atoms with Gasteiger partial charge in [-0.15, -0.1) is 0 Å². The van der Waals surface area contributed by atoms with E-state index in [2.05, 4.69) is 10.6 Å². The molecule has 2 amide bonds. The van der Waals surface area contributed by atoms with E-state index in [1.165, 1.54) is 12.8 Å². The molecule has 0 saturated heterocycles. The minimum absolute atomic E-state index is 0.0377. The Bertz CT molecular complexity index is 1010. The predicted octanol–water partition coefficient (Wildman–Crippen LogP) is 4.44. The third-order valence-electron chi connectivity index (χ3n) is 7.63. The Balaban J connectivity index is 1.41. The van der Waals surface area contributed by atoms with Crippen molar-refractivity contribution in [1.29, 1.82) is 0 Å². The van der Waals surface area contributed by atoms with E-state index in [1.54, 1.807) is 11.9 Å². The molecule has 2 N–H and O–H groups in total. The van der Waals surface area contributed by atoms with E-state index < -0.39 is 6.04 Å². The average molecular weight is 432 g/mol. The highest BCUT2D eigenvalue weighted by Crippen LogP contribution is 2.43. The Hall–Kier alpha value is -2.66. The van der Waals surface area contributed by atoms with Gasteiger partial charge < -0.3 is 15.5 Å². The summed E-state index contributed by atoms with van der Waals surface area (Å²) in [6, 6.07) is 15.3. The third kappa shape index (κ3) is 3.95. The van der Waals surface area contributed by atoms with Crippen molar-refractivity contribution in [1.82, 2.24) is 10.6 Å². The van der Waals surface area contributed by atoms with Crippen LogP contribution in [0.15, 0.2) is 48.5 Å². The first kappa shape index (κ1) is 21.2. The van der Waals surface area contributed by atoms with Crippen molar-refractivity contribution in [3.63, 3.8) is 0 Å². The third-order valence-corrected chi connectivity index (χ3v) is 7.63. The van der Waals surface area contributed by atoms with Gasteiger partial charge in [-0.3, -0.25) is 9.59 Å². The van der Waals surface area contributed by atoms with Gasteiger partial charge in [0.25, 0.3) is 5.91 Å². The molecule has 2 fully saturated rings. The molecule has 0 radical (unpaired) electrons. The molecule has 3 aliphatic rings. The number of para-hydroxylation sites is 1. The molecular weight excluding hydrogens is 398 g/mol. The minimum atomic E-state index is -0.673. The van der Waals surface area contributed by atoms with E-state index >= 15 is 0 Å². The van der Waals surface area contributed by atoms with Crippen molar-refractivity contribution in [3.8, 4) is 11.1 Å². The number of fused-ring (bicyclic) bond motifs is 3. The number of hydrogen-bond donors (Lipinski definition) is 2. The zero-order chi connectivity index (χ0) is 22.1. The molecule has 168 valence electrons. The van der Waals surface area contributed by atoms with E-state index in [9.17, 15) is 9.59 Å². The van der Waals surface area contributed by atoms with Crippen LogP contribution in [-0.2, 0) is 9.59 Å². The van der Waals surface area contributed by atoms with Crippen molar-refractivity contribution < 1.29 is 9.59 Å². The van der Waals surface area contributed by atoms with Crippen molar-refractivity contribution in [3.05, 3.63) is 54.1 Å². The lowest BCUT2D eigenvalue weighted by molar-refractivity contribution is -0.135. The summed E-state index contributed by atoms with van der Waals surface area (Å²) in [7, 11) is 1.80. The number of nitrogens with zero attached hydrogens (tertiary/aromatic N) is 1. The van der Waals surface area contributed by atoms with E-state index in [-0.39, 0.29) is 17.2 Å². The number of amides is 2. The first-order valence-corrected chi connectivity index (χ1v) is 12.1. The highest BCUT2D eigenvalue weighted by molar-refractivity contribution is 6.06. The molecule has 2 aromatic carbocycles. The standard InChI is InChI=1S/C27H33N3O2/c1-30-23-11-5-4-9-21(23)20-8-2-3-10-22(20)24(25(30)31)29-26(32)27(14-6-7-15-27)16-17-28-18-19-12-13-19/h2-5,8-11,19,24,28H,6-7,12-18H2,1H3,(H,29,32). The smallest absolute Gasteiger partial charge is 0.253 e. The van der Waals surface area contributed by atoms with Crippen molar-refractivity contribution in [2.24, 2.45) is 11.3 Å². The molecule has 1 atom stereocenters. The zero-order valence-corrected chi connectivity index (χ0v) is 18.9. The molecule has 5 nitrogen and oxygen atoms in total. The Morgan fingerprint density at radius 3 is 2.47 bits per heavy atom. The molecule has 0 bridgehead atoms. The first-order valence-electron chi connectivity index (χ1n) is 12.1. The first-order chi connectivity index (χ1) is 15.6. The van der Waals surface area contributed by atoms with Crippen LogP contribution < -0.4 is 15.5 Å². The van der Waals surface area contributed by atoms with E-state index in [0.29, 0.717) is 0 Å². The lowest BCUT2D eigenvalue weighted by Gasteiger charge is -2.31. The number of carbonyl (C=O) groups is 2. The highest BCUT2D eigenvalue weighted by Gasteiger charge is 2.43. The number of nitrogens with one attached hydrogen (secondary N) is 2. The SMILES string of the molecule is CN1C(=O)C(NC(=O)C2(CCNCC3CC3)CCCC2)c2ccccc2-c2ccccc21. The van der Waals surface area contributed by atoms with E-state index in [4.69, 9.17) is 0 Å². The zero-order valence-electron chi connectivity index (χ0n) is 18.9. The molecule has 5 rings (SSSR count). The molecule has 1 heterocycles. The summed E-state index contributed by atoms with van der Waals surface area (Å²) in [5, 5.41) is 6.77. The molecule has 5 heteroatoms. The molecule has 2 aromatic rings. The summed E-state index contributed by atoms with van der Waals surface area (Å²) in [6.45, 7) is 1.93. The fourth-order valence-electron chi connectivity index (χ4n) is 5.46. The summed E-state index contributed by atoms with van der Waals surface area (Å²) < 4.78 is 0. The maximum atomic E-state index is 13.7. The molecule has 0 spiro atoms. The largest absolute Gasteiger partial charge is 0.340 e. The molecule has 1 aliphatic heterocycles. The Kier molecular flexibility index (Phi) is 5.76. The monoisotopic (exact) mass is 431 g/mol. The Morgan fingerprint density at radius 1 is 1.03 bits per heavy atom. The van der Waals surface area contributed by atoms with E-state index in [1.807, 2.05) is 48.5 Å². The molecule has 0 aromatic heterocycles. The maximum absolute atomic E-state index is 13.7. The van der Waals surface area contributed by atoms with Crippen molar-refractivity contribution in [2.75, 3.05) is 25.0 Å². The number of carbonyl (C=O) groups excluding carboxylic acids is 2.